The van der Waals surface area contributed by atoms with Gasteiger partial charge in [-0.1, -0.05) is 0 Å². The minimum absolute atomic E-state index is 0.0633. The number of aromatic nitrogens is 1. The molecule has 4 nitrogen and oxygen atoms in total. The van der Waals surface area contributed by atoms with Gasteiger partial charge < -0.3 is 10.1 Å². The van der Waals surface area contributed by atoms with Crippen molar-refractivity contribution in [1.29, 1.82) is 0 Å². The number of halogens is 1. The maximum atomic E-state index is 13.6. The molecule has 5 heteroatoms. The third-order valence-corrected chi connectivity index (χ3v) is 2.47. The molecule has 1 fully saturated rings. The summed E-state index contributed by atoms with van der Waals surface area (Å²) in [7, 11) is 1.32. The molecule has 80 valence electrons. The van der Waals surface area contributed by atoms with Crippen LogP contribution in [-0.4, -0.2) is 31.0 Å². The topological polar surface area (TPSA) is 51.2 Å². The van der Waals surface area contributed by atoms with Crippen LogP contribution in [0.25, 0.3) is 0 Å². The van der Waals surface area contributed by atoms with E-state index in [4.69, 9.17) is 4.74 Å². The molecule has 0 atom stereocenters. The fraction of sp³-hybridized carbons (Fsp3) is 0.400. The number of hydrogen-bond acceptors (Lipinski definition) is 4. The monoisotopic (exact) mass is 210 g/mol. The molecule has 1 aromatic heterocycles. The van der Waals surface area contributed by atoms with Gasteiger partial charge in [0.25, 0.3) is 5.88 Å². The number of nitrogens with one attached hydrogen (secondary N) is 1. The molecule has 0 saturated carbocycles. The van der Waals surface area contributed by atoms with Crippen molar-refractivity contribution in [3.05, 3.63) is 23.6 Å². The van der Waals surface area contributed by atoms with Gasteiger partial charge >= 0.3 is 0 Å². The predicted molar refractivity (Wildman–Crippen MR) is 51.4 cm³/mol. The second-order valence-corrected chi connectivity index (χ2v) is 3.40. The van der Waals surface area contributed by atoms with Gasteiger partial charge in [0.15, 0.2) is 11.6 Å². The van der Waals surface area contributed by atoms with Crippen LogP contribution in [0, 0.1) is 11.7 Å². The molecule has 1 saturated heterocycles. The third kappa shape index (κ3) is 1.70. The Morgan fingerprint density at radius 2 is 2.40 bits per heavy atom. The molecule has 0 spiro atoms. The highest BCUT2D eigenvalue weighted by Gasteiger charge is 2.28. The zero-order valence-electron chi connectivity index (χ0n) is 8.29. The van der Waals surface area contributed by atoms with Gasteiger partial charge in [-0.3, -0.25) is 4.79 Å². The van der Waals surface area contributed by atoms with Crippen molar-refractivity contribution in [1.82, 2.24) is 10.3 Å². The molecule has 0 aliphatic carbocycles. The quantitative estimate of drug-likeness (QED) is 0.743. The Morgan fingerprint density at radius 3 is 2.93 bits per heavy atom. The minimum Gasteiger partial charge on any atom is -0.479 e. The van der Waals surface area contributed by atoms with Crippen molar-refractivity contribution in [2.75, 3.05) is 20.2 Å². The lowest BCUT2D eigenvalue weighted by molar-refractivity contribution is 0.0872. The Balaban J connectivity index is 2.30. The molecule has 0 unspecified atom stereocenters. The Hall–Kier alpha value is -1.49. The first-order chi connectivity index (χ1) is 7.24. The summed E-state index contributed by atoms with van der Waals surface area (Å²) in [5.74, 6) is -1.11. The standard InChI is InChI=1S/C10H11FN2O2/c1-15-10-8(11)7(2-3-13-10)9(14)6-4-12-5-6/h2-3,6,12H,4-5H2,1H3. The lowest BCUT2D eigenvalue weighted by Gasteiger charge is -2.25. The summed E-state index contributed by atoms with van der Waals surface area (Å²) in [5.41, 5.74) is 0.0633. The molecule has 0 amide bonds. The van der Waals surface area contributed by atoms with Gasteiger partial charge in [0.05, 0.1) is 12.7 Å². The second kappa shape index (κ2) is 3.94. The van der Waals surface area contributed by atoms with Crippen molar-refractivity contribution in [3.63, 3.8) is 0 Å². The lowest BCUT2D eigenvalue weighted by atomic mass is 9.93. The van der Waals surface area contributed by atoms with Crippen LogP contribution in [-0.2, 0) is 0 Å². The van der Waals surface area contributed by atoms with E-state index in [0.29, 0.717) is 13.1 Å². The maximum absolute atomic E-state index is 13.6. The molecular formula is C10H11FN2O2. The molecule has 1 N–H and O–H groups in total. The summed E-state index contributed by atoms with van der Waals surface area (Å²) in [6, 6.07) is 1.39. The van der Waals surface area contributed by atoms with Crippen molar-refractivity contribution in [2.45, 2.75) is 0 Å². The van der Waals surface area contributed by atoms with Crippen molar-refractivity contribution in [2.24, 2.45) is 5.92 Å². The average Bonchev–Trinajstić information content (AvgIpc) is 2.15. The number of nitrogens with zero attached hydrogens (tertiary/aromatic N) is 1. The van der Waals surface area contributed by atoms with E-state index in [0.717, 1.165) is 0 Å². The zero-order valence-corrected chi connectivity index (χ0v) is 8.29. The smallest absolute Gasteiger partial charge is 0.250 e. The maximum Gasteiger partial charge on any atom is 0.250 e. The number of pyridine rings is 1. The first-order valence-corrected chi connectivity index (χ1v) is 4.67. The fourth-order valence-electron chi connectivity index (χ4n) is 1.45. The molecule has 0 radical (unpaired) electrons. The highest BCUT2D eigenvalue weighted by molar-refractivity contribution is 5.99. The van der Waals surface area contributed by atoms with Crippen LogP contribution in [0.5, 0.6) is 5.88 Å². The number of ether oxygens (including phenoxy) is 1. The summed E-state index contributed by atoms with van der Waals surface area (Å²) in [5, 5.41) is 2.97. The first-order valence-electron chi connectivity index (χ1n) is 4.67. The normalized spacial score (nSPS) is 15.9. The van der Waals surface area contributed by atoms with Crippen LogP contribution in [0.4, 0.5) is 4.39 Å². The Labute approximate surface area is 86.5 Å². The number of hydrogen-bond donors (Lipinski definition) is 1. The van der Waals surface area contributed by atoms with Crippen LogP contribution in [0.2, 0.25) is 0 Å². The summed E-state index contributed by atoms with van der Waals surface area (Å²) in [6.07, 6.45) is 1.38. The molecule has 0 bridgehead atoms. The predicted octanol–water partition coefficient (Wildman–Crippen LogP) is 0.631. The van der Waals surface area contributed by atoms with Gasteiger partial charge in [-0.25, -0.2) is 9.37 Å². The van der Waals surface area contributed by atoms with Gasteiger partial charge in [0.1, 0.15) is 0 Å². The number of carbonyl (C=O) groups excluding carboxylic acids is 1. The Kier molecular flexibility index (Phi) is 2.64. The average molecular weight is 210 g/mol. The fourth-order valence-corrected chi connectivity index (χ4v) is 1.45. The largest absolute Gasteiger partial charge is 0.479 e. The van der Waals surface area contributed by atoms with Crippen molar-refractivity contribution < 1.29 is 13.9 Å². The van der Waals surface area contributed by atoms with Crippen molar-refractivity contribution >= 4 is 5.78 Å². The molecule has 2 heterocycles. The van der Waals surface area contributed by atoms with E-state index in [1.165, 1.54) is 19.4 Å². The van der Waals surface area contributed by atoms with E-state index >= 15 is 0 Å². The number of methoxy groups -OCH3 is 1. The van der Waals surface area contributed by atoms with Crippen LogP contribution < -0.4 is 10.1 Å². The first kappa shape index (κ1) is 10.0. The summed E-state index contributed by atoms with van der Waals surface area (Å²) < 4.78 is 18.3. The molecular weight excluding hydrogens is 199 g/mol. The van der Waals surface area contributed by atoms with E-state index < -0.39 is 5.82 Å². The molecule has 1 aliphatic rings. The van der Waals surface area contributed by atoms with E-state index in [1.54, 1.807) is 0 Å². The van der Waals surface area contributed by atoms with Crippen molar-refractivity contribution in [3.8, 4) is 5.88 Å². The number of rotatable bonds is 3. The zero-order chi connectivity index (χ0) is 10.8. The van der Waals surface area contributed by atoms with Crippen LogP contribution >= 0.6 is 0 Å². The van der Waals surface area contributed by atoms with Crippen LogP contribution in [0.3, 0.4) is 0 Å². The van der Waals surface area contributed by atoms with Gasteiger partial charge in [-0.2, -0.15) is 0 Å². The molecule has 2 rings (SSSR count). The number of carbonyl (C=O) groups is 1. The second-order valence-electron chi connectivity index (χ2n) is 3.40. The Morgan fingerprint density at radius 1 is 1.67 bits per heavy atom. The van der Waals surface area contributed by atoms with E-state index in [2.05, 4.69) is 10.3 Å². The number of ketones is 1. The van der Waals surface area contributed by atoms with E-state index in [-0.39, 0.29) is 23.1 Å². The number of Topliss-reactive ketones (excluding diaryl/α,β-unsaturated/α-hetero) is 1. The minimum atomic E-state index is -0.670. The van der Waals surface area contributed by atoms with Crippen LogP contribution in [0.1, 0.15) is 10.4 Å². The summed E-state index contributed by atoms with van der Waals surface area (Å²) in [6.45, 7) is 1.23. The van der Waals surface area contributed by atoms with Gasteiger partial charge in [0, 0.05) is 25.2 Å². The summed E-state index contributed by atoms with van der Waals surface area (Å²) in [4.78, 5) is 15.4. The highest BCUT2D eigenvalue weighted by Crippen LogP contribution is 2.21. The molecule has 0 aromatic carbocycles. The third-order valence-electron chi connectivity index (χ3n) is 2.47. The van der Waals surface area contributed by atoms with E-state index in [1.807, 2.05) is 0 Å². The molecule has 1 aliphatic heterocycles. The molecule has 15 heavy (non-hydrogen) atoms. The molecule has 1 aromatic rings. The van der Waals surface area contributed by atoms with Gasteiger partial charge in [0.2, 0.25) is 0 Å². The Bertz CT molecular complexity index is 391. The highest BCUT2D eigenvalue weighted by atomic mass is 19.1. The SMILES string of the molecule is COc1nccc(C(=O)C2CNC2)c1F. The lowest BCUT2D eigenvalue weighted by Crippen LogP contribution is -2.46. The van der Waals surface area contributed by atoms with Gasteiger partial charge in [-0.15, -0.1) is 0 Å². The van der Waals surface area contributed by atoms with E-state index in [9.17, 15) is 9.18 Å². The van der Waals surface area contributed by atoms with Gasteiger partial charge in [-0.05, 0) is 6.07 Å². The summed E-state index contributed by atoms with van der Waals surface area (Å²) >= 11 is 0. The van der Waals surface area contributed by atoms with Crippen LogP contribution in [0.15, 0.2) is 12.3 Å².